The zero-order chi connectivity index (χ0) is 14.5. The Bertz CT molecular complexity index is 419. The van der Waals surface area contributed by atoms with Crippen LogP contribution in [0.1, 0.15) is 44.7 Å². The van der Waals surface area contributed by atoms with Crippen LogP contribution in [-0.4, -0.2) is 24.5 Å². The molecule has 0 saturated carbocycles. The summed E-state index contributed by atoms with van der Waals surface area (Å²) < 4.78 is 13.4. The van der Waals surface area contributed by atoms with E-state index >= 15 is 0 Å². The highest BCUT2D eigenvalue weighted by Gasteiger charge is 2.24. The van der Waals surface area contributed by atoms with Crippen molar-refractivity contribution in [2.24, 2.45) is 17.6 Å². The third-order valence-electron chi connectivity index (χ3n) is 4.65. The Labute approximate surface area is 122 Å². The number of nitrogens with zero attached hydrogens (tertiary/aromatic N) is 1. The van der Waals surface area contributed by atoms with Crippen molar-refractivity contribution >= 4 is 0 Å². The van der Waals surface area contributed by atoms with Crippen molar-refractivity contribution in [3.05, 3.63) is 35.6 Å². The molecule has 20 heavy (non-hydrogen) atoms. The Morgan fingerprint density at radius 2 is 2.10 bits per heavy atom. The van der Waals surface area contributed by atoms with Gasteiger partial charge in [0.25, 0.3) is 0 Å². The highest BCUT2D eigenvalue weighted by Crippen LogP contribution is 2.29. The van der Waals surface area contributed by atoms with Gasteiger partial charge in [0.2, 0.25) is 0 Å². The van der Waals surface area contributed by atoms with Crippen LogP contribution in [0.15, 0.2) is 24.3 Å². The second-order valence-corrected chi connectivity index (χ2v) is 6.28. The molecular weight excluding hydrogens is 251 g/mol. The predicted octanol–water partition coefficient (Wildman–Crippen LogP) is 3.58. The fourth-order valence-corrected chi connectivity index (χ4v) is 3.33. The molecule has 0 spiro atoms. The van der Waals surface area contributed by atoms with Gasteiger partial charge in [-0.05, 0) is 61.9 Å². The van der Waals surface area contributed by atoms with Crippen LogP contribution in [0.5, 0.6) is 0 Å². The van der Waals surface area contributed by atoms with Crippen molar-refractivity contribution in [2.45, 2.75) is 39.2 Å². The molecule has 1 aromatic carbocycles. The van der Waals surface area contributed by atoms with Crippen LogP contribution in [0.3, 0.4) is 0 Å². The van der Waals surface area contributed by atoms with Crippen molar-refractivity contribution in [2.75, 3.05) is 19.6 Å². The van der Waals surface area contributed by atoms with E-state index < -0.39 is 0 Å². The van der Waals surface area contributed by atoms with Gasteiger partial charge in [0, 0.05) is 12.6 Å². The lowest BCUT2D eigenvalue weighted by Gasteiger charge is -2.30. The van der Waals surface area contributed by atoms with Gasteiger partial charge in [0.15, 0.2) is 0 Å². The number of hydrogen-bond donors (Lipinski definition) is 1. The van der Waals surface area contributed by atoms with E-state index in [4.69, 9.17) is 5.73 Å². The summed E-state index contributed by atoms with van der Waals surface area (Å²) in [7, 11) is 0. The molecule has 0 aromatic heterocycles. The molecule has 1 aliphatic rings. The minimum Gasteiger partial charge on any atom is -0.329 e. The third-order valence-corrected chi connectivity index (χ3v) is 4.65. The van der Waals surface area contributed by atoms with Crippen molar-refractivity contribution in [1.82, 2.24) is 4.90 Å². The molecule has 1 heterocycles. The van der Waals surface area contributed by atoms with Crippen LogP contribution in [0.2, 0.25) is 0 Å². The number of benzene rings is 1. The molecule has 1 fully saturated rings. The van der Waals surface area contributed by atoms with Crippen LogP contribution in [-0.2, 0) is 0 Å². The summed E-state index contributed by atoms with van der Waals surface area (Å²) in [5.41, 5.74) is 6.98. The molecule has 1 aromatic rings. The fraction of sp³-hybridized carbons (Fsp3) is 0.647. The SMILES string of the molecule is CC(C)C1CCCN(C(CN)c2cccc(F)c2)CC1. The zero-order valence-corrected chi connectivity index (χ0v) is 12.7. The number of rotatable bonds is 4. The molecule has 0 amide bonds. The van der Waals surface area contributed by atoms with Crippen molar-refractivity contribution in [3.8, 4) is 0 Å². The molecule has 1 aliphatic heterocycles. The summed E-state index contributed by atoms with van der Waals surface area (Å²) in [5.74, 6) is 1.39. The Hall–Kier alpha value is -0.930. The van der Waals surface area contributed by atoms with Gasteiger partial charge in [-0.15, -0.1) is 0 Å². The summed E-state index contributed by atoms with van der Waals surface area (Å²) in [6.07, 6.45) is 3.74. The normalized spacial score (nSPS) is 22.8. The molecule has 2 nitrogen and oxygen atoms in total. The van der Waals surface area contributed by atoms with E-state index in [-0.39, 0.29) is 11.9 Å². The highest BCUT2D eigenvalue weighted by molar-refractivity contribution is 5.20. The molecule has 2 atom stereocenters. The van der Waals surface area contributed by atoms with Gasteiger partial charge in [0.05, 0.1) is 0 Å². The molecule has 0 aliphatic carbocycles. The van der Waals surface area contributed by atoms with E-state index in [1.165, 1.54) is 25.3 Å². The summed E-state index contributed by atoms with van der Waals surface area (Å²) in [6, 6.07) is 7.04. The zero-order valence-electron chi connectivity index (χ0n) is 12.7. The van der Waals surface area contributed by atoms with Crippen molar-refractivity contribution < 1.29 is 4.39 Å². The molecule has 0 bridgehead atoms. The smallest absolute Gasteiger partial charge is 0.123 e. The first-order valence-electron chi connectivity index (χ1n) is 7.81. The largest absolute Gasteiger partial charge is 0.329 e. The van der Waals surface area contributed by atoms with Crippen LogP contribution >= 0.6 is 0 Å². The average Bonchev–Trinajstić information content (AvgIpc) is 2.66. The minimum atomic E-state index is -0.171. The third kappa shape index (κ3) is 3.80. The molecule has 1 saturated heterocycles. The monoisotopic (exact) mass is 278 g/mol. The van der Waals surface area contributed by atoms with Crippen molar-refractivity contribution in [1.29, 1.82) is 0 Å². The quantitative estimate of drug-likeness (QED) is 0.912. The lowest BCUT2D eigenvalue weighted by molar-refractivity contribution is 0.203. The van der Waals surface area contributed by atoms with Gasteiger partial charge in [-0.3, -0.25) is 4.90 Å². The van der Waals surface area contributed by atoms with E-state index in [9.17, 15) is 4.39 Å². The van der Waals surface area contributed by atoms with Crippen LogP contribution < -0.4 is 5.73 Å². The Kier molecular flexibility index (Phi) is 5.55. The topological polar surface area (TPSA) is 29.3 Å². The maximum Gasteiger partial charge on any atom is 0.123 e. The second kappa shape index (κ2) is 7.19. The first kappa shape index (κ1) is 15.5. The molecule has 0 radical (unpaired) electrons. The first-order valence-corrected chi connectivity index (χ1v) is 7.81. The van der Waals surface area contributed by atoms with Gasteiger partial charge in [0.1, 0.15) is 5.82 Å². The van der Waals surface area contributed by atoms with E-state index in [0.29, 0.717) is 6.54 Å². The average molecular weight is 278 g/mol. The highest BCUT2D eigenvalue weighted by atomic mass is 19.1. The lowest BCUT2D eigenvalue weighted by atomic mass is 9.89. The predicted molar refractivity (Wildman–Crippen MR) is 81.9 cm³/mol. The first-order chi connectivity index (χ1) is 9.61. The maximum absolute atomic E-state index is 13.4. The summed E-state index contributed by atoms with van der Waals surface area (Å²) in [4.78, 5) is 2.44. The van der Waals surface area contributed by atoms with Gasteiger partial charge in [-0.2, -0.15) is 0 Å². The van der Waals surface area contributed by atoms with Gasteiger partial charge < -0.3 is 5.73 Å². The van der Waals surface area contributed by atoms with Crippen LogP contribution in [0.4, 0.5) is 4.39 Å². The number of hydrogen-bond acceptors (Lipinski definition) is 2. The maximum atomic E-state index is 13.4. The minimum absolute atomic E-state index is 0.150. The Morgan fingerprint density at radius 3 is 2.75 bits per heavy atom. The molecule has 2 N–H and O–H groups in total. The van der Waals surface area contributed by atoms with Crippen LogP contribution in [0.25, 0.3) is 0 Å². The second-order valence-electron chi connectivity index (χ2n) is 6.28. The lowest BCUT2D eigenvalue weighted by Crippen LogP contribution is -2.34. The van der Waals surface area contributed by atoms with Crippen LogP contribution in [0, 0.1) is 17.7 Å². The number of likely N-dealkylation sites (tertiary alicyclic amines) is 1. The van der Waals surface area contributed by atoms with E-state index in [1.807, 2.05) is 6.07 Å². The van der Waals surface area contributed by atoms with Gasteiger partial charge in [-0.25, -0.2) is 4.39 Å². The van der Waals surface area contributed by atoms with Crippen molar-refractivity contribution in [3.63, 3.8) is 0 Å². The Balaban J connectivity index is 2.08. The molecule has 2 rings (SSSR count). The fourth-order valence-electron chi connectivity index (χ4n) is 3.33. The summed E-state index contributed by atoms with van der Waals surface area (Å²) in [5, 5.41) is 0. The molecular formula is C17H27FN2. The van der Waals surface area contributed by atoms with E-state index in [2.05, 4.69) is 18.7 Å². The number of nitrogens with two attached hydrogens (primary N) is 1. The summed E-state index contributed by atoms with van der Waals surface area (Å²) >= 11 is 0. The van der Waals surface area contributed by atoms with E-state index in [0.717, 1.165) is 30.5 Å². The molecule has 112 valence electrons. The van der Waals surface area contributed by atoms with Gasteiger partial charge >= 0.3 is 0 Å². The standard InChI is InChI=1S/C17H27FN2/c1-13(2)14-6-4-9-20(10-8-14)17(12-19)15-5-3-7-16(18)11-15/h3,5,7,11,13-14,17H,4,6,8-10,12,19H2,1-2H3. The summed E-state index contributed by atoms with van der Waals surface area (Å²) in [6.45, 7) is 7.32. The number of halogens is 1. The van der Waals surface area contributed by atoms with E-state index in [1.54, 1.807) is 12.1 Å². The van der Waals surface area contributed by atoms with Gasteiger partial charge in [-0.1, -0.05) is 26.0 Å². The molecule has 3 heteroatoms. The Morgan fingerprint density at radius 1 is 1.30 bits per heavy atom. The molecule has 2 unspecified atom stereocenters.